The summed E-state index contributed by atoms with van der Waals surface area (Å²) in [5, 5.41) is 10.8. The van der Waals surface area contributed by atoms with E-state index in [0.29, 0.717) is 25.4 Å². The zero-order chi connectivity index (χ0) is 22.7. The van der Waals surface area contributed by atoms with Gasteiger partial charge in [0.2, 0.25) is 5.91 Å². The highest BCUT2D eigenvalue weighted by atomic mass is 16.5. The van der Waals surface area contributed by atoms with Crippen LogP contribution in [0.4, 0.5) is 0 Å². The number of hydrogen-bond donors (Lipinski definition) is 1. The standard InChI is InChI=1S/C27H41NO4/c1-19(29)27(2)18-28(26(30)15-20-9-5-4-6-10-20)17-23(27)21-13-14-24(31-3)25(16-21)32-22-11-7-8-12-22/h13-14,16,19-20,22-23,29H,4-12,15,17-18H2,1-3H3/t19-,23+,27+/m1/s1. The van der Waals surface area contributed by atoms with E-state index in [-0.39, 0.29) is 23.3 Å². The Morgan fingerprint density at radius 3 is 2.47 bits per heavy atom. The van der Waals surface area contributed by atoms with Gasteiger partial charge in [-0.05, 0) is 69.1 Å². The number of rotatable bonds is 7. The molecule has 0 bridgehead atoms. The van der Waals surface area contributed by atoms with E-state index in [4.69, 9.17) is 9.47 Å². The fourth-order valence-corrected chi connectivity index (χ4v) is 6.07. The number of benzene rings is 1. The van der Waals surface area contributed by atoms with E-state index in [0.717, 1.165) is 29.9 Å². The van der Waals surface area contributed by atoms with Crippen LogP contribution in [-0.2, 0) is 4.79 Å². The van der Waals surface area contributed by atoms with Crippen molar-refractivity contribution in [2.75, 3.05) is 20.2 Å². The van der Waals surface area contributed by atoms with Gasteiger partial charge in [-0.15, -0.1) is 0 Å². The second-order valence-corrected chi connectivity index (χ2v) is 10.7. The minimum atomic E-state index is -0.513. The first kappa shape index (κ1) is 23.4. The van der Waals surface area contributed by atoms with E-state index in [1.54, 1.807) is 7.11 Å². The van der Waals surface area contributed by atoms with Gasteiger partial charge >= 0.3 is 0 Å². The summed E-state index contributed by atoms with van der Waals surface area (Å²) >= 11 is 0. The molecule has 5 heteroatoms. The molecule has 0 spiro atoms. The number of carbonyl (C=O) groups excluding carboxylic acids is 1. The normalized spacial score (nSPS) is 28.1. The Labute approximate surface area is 193 Å². The maximum atomic E-state index is 13.2. The molecule has 2 aliphatic carbocycles. The van der Waals surface area contributed by atoms with Gasteiger partial charge in [0.15, 0.2) is 11.5 Å². The molecule has 1 aromatic carbocycles. The lowest BCUT2D eigenvalue weighted by molar-refractivity contribution is -0.132. The van der Waals surface area contributed by atoms with Crippen LogP contribution in [-0.4, -0.2) is 48.3 Å². The molecule has 3 aliphatic rings. The first-order chi connectivity index (χ1) is 15.4. The van der Waals surface area contributed by atoms with Gasteiger partial charge in [-0.1, -0.05) is 32.3 Å². The Morgan fingerprint density at radius 2 is 1.81 bits per heavy atom. The Kier molecular flexibility index (Phi) is 7.34. The fraction of sp³-hybridized carbons (Fsp3) is 0.741. The summed E-state index contributed by atoms with van der Waals surface area (Å²) in [6.07, 6.45) is 11.2. The molecule has 2 saturated carbocycles. The van der Waals surface area contributed by atoms with Crippen molar-refractivity contribution in [3.63, 3.8) is 0 Å². The highest BCUT2D eigenvalue weighted by Crippen LogP contribution is 2.47. The monoisotopic (exact) mass is 443 g/mol. The summed E-state index contributed by atoms with van der Waals surface area (Å²) in [7, 11) is 1.68. The van der Waals surface area contributed by atoms with Crippen LogP contribution >= 0.6 is 0 Å². The molecule has 3 fully saturated rings. The van der Waals surface area contributed by atoms with Gasteiger partial charge in [-0.25, -0.2) is 0 Å². The van der Waals surface area contributed by atoms with Crippen molar-refractivity contribution < 1.29 is 19.4 Å². The zero-order valence-electron chi connectivity index (χ0n) is 20.1. The third kappa shape index (κ3) is 4.93. The molecule has 5 nitrogen and oxygen atoms in total. The largest absolute Gasteiger partial charge is 0.493 e. The maximum Gasteiger partial charge on any atom is 0.222 e. The molecular formula is C27H41NO4. The van der Waals surface area contributed by atoms with Gasteiger partial charge in [-0.2, -0.15) is 0 Å². The zero-order valence-corrected chi connectivity index (χ0v) is 20.1. The third-order valence-corrected chi connectivity index (χ3v) is 8.41. The van der Waals surface area contributed by atoms with Crippen LogP contribution < -0.4 is 9.47 Å². The van der Waals surface area contributed by atoms with Crippen LogP contribution in [0.1, 0.15) is 89.5 Å². The van der Waals surface area contributed by atoms with Crippen molar-refractivity contribution in [2.45, 2.75) is 96.2 Å². The predicted molar refractivity (Wildman–Crippen MR) is 126 cm³/mol. The molecule has 4 rings (SSSR count). The lowest BCUT2D eigenvalue weighted by Gasteiger charge is -2.34. The number of likely N-dealkylation sites (tertiary alicyclic amines) is 1. The lowest BCUT2D eigenvalue weighted by Crippen LogP contribution is -2.38. The highest BCUT2D eigenvalue weighted by molar-refractivity contribution is 5.77. The number of carbonyl (C=O) groups is 1. The molecule has 0 radical (unpaired) electrons. The molecule has 1 N–H and O–H groups in total. The van der Waals surface area contributed by atoms with Crippen LogP contribution in [0.25, 0.3) is 0 Å². The Morgan fingerprint density at radius 1 is 1.12 bits per heavy atom. The Bertz CT molecular complexity index is 782. The number of aliphatic hydroxyl groups is 1. The smallest absolute Gasteiger partial charge is 0.222 e. The van der Waals surface area contributed by atoms with Gasteiger partial charge in [0.25, 0.3) is 0 Å². The fourth-order valence-electron chi connectivity index (χ4n) is 6.07. The predicted octanol–water partition coefficient (Wildman–Crippen LogP) is 5.30. The SMILES string of the molecule is COc1ccc([C@@H]2CN(C(=O)CC3CCCCC3)C[C@@]2(C)[C@@H](C)O)cc1OC1CCCC1. The summed E-state index contributed by atoms with van der Waals surface area (Å²) in [5.41, 5.74) is 0.733. The summed E-state index contributed by atoms with van der Waals surface area (Å²) in [5.74, 6) is 2.39. The average Bonchev–Trinajstić information content (AvgIpc) is 3.43. The number of nitrogens with zero attached hydrogens (tertiary/aromatic N) is 1. The van der Waals surface area contributed by atoms with Gasteiger partial charge < -0.3 is 19.5 Å². The Hall–Kier alpha value is -1.75. The lowest BCUT2D eigenvalue weighted by atomic mass is 9.72. The molecule has 178 valence electrons. The summed E-state index contributed by atoms with van der Waals surface area (Å²) < 4.78 is 11.9. The van der Waals surface area contributed by atoms with Gasteiger partial charge in [0.1, 0.15) is 0 Å². The van der Waals surface area contributed by atoms with E-state index in [1.165, 1.54) is 44.9 Å². The molecule has 1 aromatic rings. The molecule has 3 atom stereocenters. The van der Waals surface area contributed by atoms with Gasteiger partial charge in [-0.3, -0.25) is 4.79 Å². The number of aliphatic hydroxyl groups excluding tert-OH is 1. The van der Waals surface area contributed by atoms with Crippen LogP contribution in [0.2, 0.25) is 0 Å². The highest BCUT2D eigenvalue weighted by Gasteiger charge is 2.48. The number of methoxy groups -OCH3 is 1. The first-order valence-electron chi connectivity index (χ1n) is 12.7. The average molecular weight is 444 g/mol. The number of ether oxygens (including phenoxy) is 2. The molecular weight excluding hydrogens is 402 g/mol. The van der Waals surface area contributed by atoms with E-state index in [1.807, 2.05) is 17.9 Å². The summed E-state index contributed by atoms with van der Waals surface area (Å²) in [6.45, 7) is 5.24. The molecule has 1 amide bonds. The van der Waals surface area contributed by atoms with Crippen molar-refractivity contribution in [1.29, 1.82) is 0 Å². The molecule has 0 unspecified atom stereocenters. The molecule has 1 heterocycles. The quantitative estimate of drug-likeness (QED) is 0.621. The number of hydrogen-bond acceptors (Lipinski definition) is 4. The van der Waals surface area contributed by atoms with E-state index in [2.05, 4.69) is 19.1 Å². The Balaban J connectivity index is 1.54. The first-order valence-corrected chi connectivity index (χ1v) is 12.7. The minimum absolute atomic E-state index is 0.0645. The van der Waals surface area contributed by atoms with Gasteiger partial charge in [0.05, 0.1) is 19.3 Å². The summed E-state index contributed by atoms with van der Waals surface area (Å²) in [6, 6.07) is 6.16. The summed E-state index contributed by atoms with van der Waals surface area (Å²) in [4.78, 5) is 15.2. The molecule has 1 aliphatic heterocycles. The van der Waals surface area contributed by atoms with E-state index >= 15 is 0 Å². The van der Waals surface area contributed by atoms with Crippen molar-refractivity contribution >= 4 is 5.91 Å². The van der Waals surface area contributed by atoms with Crippen LogP contribution in [0, 0.1) is 11.3 Å². The second kappa shape index (κ2) is 10.0. The molecule has 1 saturated heterocycles. The van der Waals surface area contributed by atoms with Crippen LogP contribution in [0.3, 0.4) is 0 Å². The van der Waals surface area contributed by atoms with Crippen molar-refractivity contribution in [2.24, 2.45) is 11.3 Å². The van der Waals surface area contributed by atoms with Gasteiger partial charge in [0, 0.05) is 30.8 Å². The molecule has 32 heavy (non-hydrogen) atoms. The van der Waals surface area contributed by atoms with Crippen molar-refractivity contribution in [3.8, 4) is 11.5 Å². The minimum Gasteiger partial charge on any atom is -0.493 e. The number of amides is 1. The van der Waals surface area contributed by atoms with Crippen molar-refractivity contribution in [3.05, 3.63) is 23.8 Å². The maximum absolute atomic E-state index is 13.2. The van der Waals surface area contributed by atoms with Crippen molar-refractivity contribution in [1.82, 2.24) is 4.90 Å². The van der Waals surface area contributed by atoms with E-state index in [9.17, 15) is 9.90 Å². The third-order valence-electron chi connectivity index (χ3n) is 8.41. The molecule has 0 aromatic heterocycles. The van der Waals surface area contributed by atoms with E-state index < -0.39 is 6.10 Å². The topological polar surface area (TPSA) is 59.0 Å². The second-order valence-electron chi connectivity index (χ2n) is 10.7. The van der Waals surface area contributed by atoms with Crippen LogP contribution in [0.5, 0.6) is 11.5 Å². The van der Waals surface area contributed by atoms with Crippen LogP contribution in [0.15, 0.2) is 18.2 Å².